The number of aliphatic hydroxyl groups is 2. The van der Waals surface area contributed by atoms with Crippen LogP contribution in [0.25, 0.3) is 0 Å². The Bertz CT molecular complexity index is 119. The molecule has 1 aliphatic heterocycles. The predicted molar refractivity (Wildman–Crippen MR) is 43.4 cm³/mol. The van der Waals surface area contributed by atoms with Crippen LogP contribution in [-0.4, -0.2) is 47.5 Å². The number of hydrogen-bond donors (Lipinski definition) is 2. The Balaban J connectivity index is 2.24. The minimum atomic E-state index is -0.527. The third-order valence-corrected chi connectivity index (χ3v) is 2.43. The van der Waals surface area contributed by atoms with Gasteiger partial charge >= 0.3 is 0 Å². The lowest BCUT2D eigenvalue weighted by Gasteiger charge is -2.21. The van der Waals surface area contributed by atoms with Gasteiger partial charge in [-0.15, -0.1) is 0 Å². The standard InChI is InChI=1S/C8H17NO2/c1-9-4-2-3-7(9)5-8(11)6-10/h7-8,10-11H,2-6H2,1H3/t7?,8-/m1/s1. The van der Waals surface area contributed by atoms with Crippen LogP contribution in [-0.2, 0) is 0 Å². The SMILES string of the molecule is CN1CCCC1C[C@@H](O)CO. The molecule has 0 aromatic carbocycles. The van der Waals surface area contributed by atoms with Gasteiger partial charge in [0, 0.05) is 6.04 Å². The number of rotatable bonds is 3. The molecule has 66 valence electrons. The van der Waals surface area contributed by atoms with E-state index >= 15 is 0 Å². The van der Waals surface area contributed by atoms with E-state index in [2.05, 4.69) is 11.9 Å². The summed E-state index contributed by atoms with van der Waals surface area (Å²) in [5, 5.41) is 17.8. The van der Waals surface area contributed by atoms with Crippen LogP contribution >= 0.6 is 0 Å². The van der Waals surface area contributed by atoms with Gasteiger partial charge in [0.25, 0.3) is 0 Å². The highest BCUT2D eigenvalue weighted by molar-refractivity contribution is 4.78. The molecule has 11 heavy (non-hydrogen) atoms. The van der Waals surface area contributed by atoms with E-state index in [0.29, 0.717) is 12.5 Å². The fourth-order valence-electron chi connectivity index (χ4n) is 1.67. The topological polar surface area (TPSA) is 43.7 Å². The monoisotopic (exact) mass is 159 g/mol. The average molecular weight is 159 g/mol. The van der Waals surface area contributed by atoms with Crippen molar-refractivity contribution in [3.63, 3.8) is 0 Å². The Morgan fingerprint density at radius 1 is 1.64 bits per heavy atom. The molecule has 1 aliphatic rings. The maximum Gasteiger partial charge on any atom is 0.0785 e. The number of hydrogen-bond acceptors (Lipinski definition) is 3. The molecule has 3 nitrogen and oxygen atoms in total. The van der Waals surface area contributed by atoms with Crippen LogP contribution in [0.1, 0.15) is 19.3 Å². The van der Waals surface area contributed by atoms with Crippen molar-refractivity contribution < 1.29 is 10.2 Å². The number of nitrogens with zero attached hydrogens (tertiary/aromatic N) is 1. The summed E-state index contributed by atoms with van der Waals surface area (Å²) in [7, 11) is 2.07. The normalized spacial score (nSPS) is 29.2. The Morgan fingerprint density at radius 2 is 2.36 bits per heavy atom. The highest BCUT2D eigenvalue weighted by atomic mass is 16.3. The van der Waals surface area contributed by atoms with Gasteiger partial charge in [-0.1, -0.05) is 0 Å². The Kier molecular flexibility index (Phi) is 3.30. The Labute approximate surface area is 67.6 Å². The zero-order valence-corrected chi connectivity index (χ0v) is 7.03. The van der Waals surface area contributed by atoms with Gasteiger partial charge in [0.1, 0.15) is 0 Å². The van der Waals surface area contributed by atoms with E-state index in [1.54, 1.807) is 0 Å². The van der Waals surface area contributed by atoms with Gasteiger partial charge in [-0.05, 0) is 32.9 Å². The van der Waals surface area contributed by atoms with Crippen molar-refractivity contribution in [2.75, 3.05) is 20.2 Å². The summed E-state index contributed by atoms with van der Waals surface area (Å²) >= 11 is 0. The van der Waals surface area contributed by atoms with Crippen LogP contribution in [0.5, 0.6) is 0 Å². The first-order valence-electron chi connectivity index (χ1n) is 4.23. The zero-order chi connectivity index (χ0) is 8.27. The van der Waals surface area contributed by atoms with Gasteiger partial charge in [-0.3, -0.25) is 0 Å². The largest absolute Gasteiger partial charge is 0.394 e. The maximum atomic E-state index is 9.16. The smallest absolute Gasteiger partial charge is 0.0785 e. The summed E-state index contributed by atoms with van der Waals surface area (Å²) in [6, 6.07) is 0.483. The fraction of sp³-hybridized carbons (Fsp3) is 1.00. The summed E-state index contributed by atoms with van der Waals surface area (Å²) in [5.74, 6) is 0. The first kappa shape index (κ1) is 8.97. The molecule has 0 radical (unpaired) electrons. The molecular formula is C8H17NO2. The molecule has 2 atom stereocenters. The van der Waals surface area contributed by atoms with Gasteiger partial charge in [0.2, 0.25) is 0 Å². The molecule has 0 aromatic rings. The molecule has 0 saturated carbocycles. The third-order valence-electron chi connectivity index (χ3n) is 2.43. The Hall–Kier alpha value is -0.120. The van der Waals surface area contributed by atoms with E-state index in [9.17, 15) is 0 Å². The van der Waals surface area contributed by atoms with Crippen molar-refractivity contribution in [1.29, 1.82) is 0 Å². The predicted octanol–water partition coefficient (Wildman–Crippen LogP) is -0.176. The molecule has 2 N–H and O–H groups in total. The lowest BCUT2D eigenvalue weighted by molar-refractivity contribution is 0.0687. The van der Waals surface area contributed by atoms with E-state index in [1.807, 2.05) is 0 Å². The second kappa shape index (κ2) is 4.04. The quantitative estimate of drug-likeness (QED) is 0.600. The van der Waals surface area contributed by atoms with Crippen LogP contribution < -0.4 is 0 Å². The van der Waals surface area contributed by atoms with Gasteiger partial charge in [-0.2, -0.15) is 0 Å². The summed E-state index contributed by atoms with van der Waals surface area (Å²) in [6.45, 7) is 1.02. The summed E-state index contributed by atoms with van der Waals surface area (Å²) in [5.41, 5.74) is 0. The first-order valence-corrected chi connectivity index (χ1v) is 4.23. The fourth-order valence-corrected chi connectivity index (χ4v) is 1.67. The number of likely N-dealkylation sites (tertiary alicyclic amines) is 1. The molecule has 1 saturated heterocycles. The minimum Gasteiger partial charge on any atom is -0.394 e. The maximum absolute atomic E-state index is 9.16. The summed E-state index contributed by atoms with van der Waals surface area (Å²) in [4.78, 5) is 2.25. The molecule has 0 amide bonds. The second-order valence-electron chi connectivity index (χ2n) is 3.35. The van der Waals surface area contributed by atoms with E-state index in [0.717, 1.165) is 13.0 Å². The van der Waals surface area contributed by atoms with Crippen LogP contribution in [0.2, 0.25) is 0 Å². The Morgan fingerprint density at radius 3 is 2.82 bits per heavy atom. The van der Waals surface area contributed by atoms with Crippen LogP contribution in [0.3, 0.4) is 0 Å². The summed E-state index contributed by atoms with van der Waals surface area (Å²) in [6.07, 6.45) is 2.57. The highest BCUT2D eigenvalue weighted by Crippen LogP contribution is 2.18. The molecule has 1 unspecified atom stereocenters. The average Bonchev–Trinajstić information content (AvgIpc) is 2.37. The van der Waals surface area contributed by atoms with Crippen molar-refractivity contribution >= 4 is 0 Å². The lowest BCUT2D eigenvalue weighted by atomic mass is 10.1. The minimum absolute atomic E-state index is 0.107. The molecule has 0 aliphatic carbocycles. The first-order chi connectivity index (χ1) is 5.24. The molecule has 1 fully saturated rings. The van der Waals surface area contributed by atoms with Crippen molar-refractivity contribution in [2.45, 2.75) is 31.4 Å². The highest BCUT2D eigenvalue weighted by Gasteiger charge is 2.22. The van der Waals surface area contributed by atoms with Gasteiger partial charge in [0.15, 0.2) is 0 Å². The molecule has 0 spiro atoms. The van der Waals surface area contributed by atoms with Crippen LogP contribution in [0.4, 0.5) is 0 Å². The molecule has 1 heterocycles. The van der Waals surface area contributed by atoms with Crippen molar-refractivity contribution in [3.8, 4) is 0 Å². The molecule has 0 bridgehead atoms. The summed E-state index contributed by atoms with van der Waals surface area (Å²) < 4.78 is 0. The number of aliphatic hydroxyl groups excluding tert-OH is 2. The van der Waals surface area contributed by atoms with Gasteiger partial charge < -0.3 is 15.1 Å². The van der Waals surface area contributed by atoms with E-state index in [-0.39, 0.29) is 6.61 Å². The molecule has 0 aromatic heterocycles. The van der Waals surface area contributed by atoms with Crippen LogP contribution in [0, 0.1) is 0 Å². The van der Waals surface area contributed by atoms with Gasteiger partial charge in [-0.25, -0.2) is 0 Å². The zero-order valence-electron chi connectivity index (χ0n) is 7.03. The van der Waals surface area contributed by atoms with E-state index in [1.165, 1.54) is 6.42 Å². The van der Waals surface area contributed by atoms with Crippen LogP contribution in [0.15, 0.2) is 0 Å². The lowest BCUT2D eigenvalue weighted by Crippen LogP contribution is -2.30. The molecule has 1 rings (SSSR count). The third kappa shape index (κ3) is 2.43. The van der Waals surface area contributed by atoms with Crippen molar-refractivity contribution in [1.82, 2.24) is 4.90 Å². The van der Waals surface area contributed by atoms with E-state index in [4.69, 9.17) is 10.2 Å². The molecular weight excluding hydrogens is 142 g/mol. The molecule has 3 heteroatoms. The second-order valence-corrected chi connectivity index (χ2v) is 3.35. The van der Waals surface area contributed by atoms with Crippen molar-refractivity contribution in [3.05, 3.63) is 0 Å². The van der Waals surface area contributed by atoms with E-state index < -0.39 is 6.10 Å². The van der Waals surface area contributed by atoms with Gasteiger partial charge in [0.05, 0.1) is 12.7 Å². The van der Waals surface area contributed by atoms with Crippen molar-refractivity contribution in [2.24, 2.45) is 0 Å².